The van der Waals surface area contributed by atoms with E-state index in [-0.39, 0.29) is 16.8 Å². The van der Waals surface area contributed by atoms with Crippen molar-refractivity contribution in [3.63, 3.8) is 0 Å². The number of hydrogen-bond acceptors (Lipinski definition) is 10. The highest BCUT2D eigenvalue weighted by Crippen LogP contribution is 2.36. The molecule has 0 bridgehead atoms. The van der Waals surface area contributed by atoms with Crippen LogP contribution in [0.4, 0.5) is 4.39 Å². The quantitative estimate of drug-likeness (QED) is 0.356. The van der Waals surface area contributed by atoms with Gasteiger partial charge in [0.05, 0.1) is 16.8 Å². The van der Waals surface area contributed by atoms with E-state index in [1.807, 2.05) is 4.72 Å². The monoisotopic (exact) mass is 498 g/mol. The molecule has 3 aromatic heterocycles. The number of nitrogens with zero attached hydrogens (tertiary/aromatic N) is 4. The van der Waals surface area contributed by atoms with Crippen LogP contribution in [0, 0.1) is 5.95 Å². The molecule has 0 aliphatic heterocycles. The van der Waals surface area contributed by atoms with E-state index in [1.54, 1.807) is 24.3 Å². The van der Waals surface area contributed by atoms with Gasteiger partial charge in [0, 0.05) is 18.0 Å². The van der Waals surface area contributed by atoms with Gasteiger partial charge in [0.25, 0.3) is 10.2 Å². The maximum Gasteiger partial charge on any atom is 0.274 e. The summed E-state index contributed by atoms with van der Waals surface area (Å²) in [5.74, 6) is -1.00. The van der Waals surface area contributed by atoms with Gasteiger partial charge in [0.1, 0.15) is 5.01 Å². The van der Waals surface area contributed by atoms with Gasteiger partial charge in [-0.25, -0.2) is 23.5 Å². The summed E-state index contributed by atoms with van der Waals surface area (Å²) in [6.45, 7) is -0.392. The molecule has 0 radical (unpaired) electrons. The normalized spacial score (nSPS) is 13.5. The van der Waals surface area contributed by atoms with E-state index in [4.69, 9.17) is 9.56 Å². The van der Waals surface area contributed by atoms with E-state index in [1.165, 1.54) is 12.3 Å². The van der Waals surface area contributed by atoms with Gasteiger partial charge in [0.2, 0.25) is 17.7 Å². The summed E-state index contributed by atoms with van der Waals surface area (Å²) in [5, 5.41) is 11.1. The first-order chi connectivity index (χ1) is 15.0. The van der Waals surface area contributed by atoms with Gasteiger partial charge in [-0.1, -0.05) is 6.07 Å². The lowest BCUT2D eigenvalue weighted by molar-refractivity contribution is 0.444. The molecule has 0 fully saturated rings. The summed E-state index contributed by atoms with van der Waals surface area (Å²) in [7, 11) is -7.77. The van der Waals surface area contributed by atoms with Crippen LogP contribution in [0.1, 0.15) is 22.0 Å². The molecule has 15 heteroatoms. The highest BCUT2D eigenvalue weighted by atomic mass is 32.2. The molecule has 0 spiro atoms. The zero-order valence-electron chi connectivity index (χ0n) is 16.3. The summed E-state index contributed by atoms with van der Waals surface area (Å²) >= 11 is 1.12. The van der Waals surface area contributed by atoms with E-state index in [0.717, 1.165) is 23.2 Å². The largest absolute Gasteiger partial charge is 0.422 e. The minimum Gasteiger partial charge on any atom is -0.422 e. The van der Waals surface area contributed by atoms with E-state index in [0.29, 0.717) is 15.8 Å². The molecule has 11 nitrogen and oxygen atoms in total. The Kier molecular flexibility index (Phi) is 5.76. The topological polar surface area (TPSA) is 171 Å². The third kappa shape index (κ3) is 4.97. The van der Waals surface area contributed by atoms with Crippen LogP contribution in [0.3, 0.4) is 0 Å². The molecule has 0 amide bonds. The molecule has 3 N–H and O–H groups in total. The first kappa shape index (κ1) is 22.3. The number of sulfone groups is 1. The maximum atomic E-state index is 13.1. The molecule has 0 saturated carbocycles. The Bertz CT molecular complexity index is 1500. The Morgan fingerprint density at radius 2 is 1.91 bits per heavy atom. The van der Waals surface area contributed by atoms with Crippen LogP contribution in [0.25, 0.3) is 21.3 Å². The first-order valence-corrected chi connectivity index (χ1v) is 13.1. The van der Waals surface area contributed by atoms with Crippen LogP contribution < -0.4 is 9.86 Å². The van der Waals surface area contributed by atoms with Crippen molar-refractivity contribution in [1.29, 1.82) is 0 Å². The van der Waals surface area contributed by atoms with E-state index in [9.17, 15) is 21.2 Å². The second-order valence-electron chi connectivity index (χ2n) is 6.71. The second-order valence-corrected chi connectivity index (χ2v) is 11.3. The maximum absolute atomic E-state index is 13.1. The molecule has 4 rings (SSSR count). The standard InChI is InChI=1S/C17H15FN6O5S3/c1-31(25,26)15(16-24-23-14(29-16)8-21-32(19,27)28)17-22-11-4-2-9(6-12(11)30-17)10-3-5-13(18)20-7-10/h2-7,15,21H,8H2,1H3,(H2,19,27,28). The third-order valence-electron chi connectivity index (χ3n) is 4.25. The van der Waals surface area contributed by atoms with Crippen LogP contribution in [0.15, 0.2) is 40.9 Å². The average molecular weight is 499 g/mol. The Morgan fingerprint density at radius 3 is 2.56 bits per heavy atom. The van der Waals surface area contributed by atoms with Crippen LogP contribution in [0.2, 0.25) is 0 Å². The Hall–Kier alpha value is -2.85. The number of fused-ring (bicyclic) bond motifs is 1. The molecular weight excluding hydrogens is 483 g/mol. The molecule has 4 aromatic rings. The van der Waals surface area contributed by atoms with Crippen molar-refractivity contribution < 1.29 is 25.6 Å². The predicted molar refractivity (Wildman–Crippen MR) is 114 cm³/mol. The molecule has 32 heavy (non-hydrogen) atoms. The molecule has 0 aliphatic rings. The number of halogens is 1. The summed E-state index contributed by atoms with van der Waals surface area (Å²) in [4.78, 5) is 8.04. The van der Waals surface area contributed by atoms with Crippen LogP contribution >= 0.6 is 11.3 Å². The van der Waals surface area contributed by atoms with Gasteiger partial charge in [-0.15, -0.1) is 21.5 Å². The van der Waals surface area contributed by atoms with E-state index < -0.39 is 37.8 Å². The number of pyridine rings is 1. The molecule has 0 saturated heterocycles. The number of rotatable bonds is 7. The number of thiazole rings is 1. The fourth-order valence-corrected chi connectivity index (χ4v) is 5.71. The van der Waals surface area contributed by atoms with Crippen molar-refractivity contribution in [2.75, 3.05) is 6.26 Å². The van der Waals surface area contributed by atoms with Crippen molar-refractivity contribution in [2.24, 2.45) is 5.14 Å². The smallest absolute Gasteiger partial charge is 0.274 e. The molecule has 1 aromatic carbocycles. The number of nitrogens with two attached hydrogens (primary N) is 1. The zero-order chi connectivity index (χ0) is 23.1. The minimum absolute atomic E-state index is 0.158. The summed E-state index contributed by atoms with van der Waals surface area (Å²) in [6.07, 6.45) is 2.40. The minimum atomic E-state index is -3.99. The lowest BCUT2D eigenvalue weighted by Crippen LogP contribution is -2.30. The third-order valence-corrected chi connectivity index (χ3v) is 7.31. The van der Waals surface area contributed by atoms with Crippen LogP contribution in [-0.2, 0) is 26.6 Å². The Morgan fingerprint density at radius 1 is 1.16 bits per heavy atom. The van der Waals surface area contributed by atoms with E-state index in [2.05, 4.69) is 20.2 Å². The number of hydrogen-bond donors (Lipinski definition) is 2. The molecule has 0 aliphatic carbocycles. The van der Waals surface area contributed by atoms with Gasteiger partial charge in [0.15, 0.2) is 15.1 Å². The molecule has 168 valence electrons. The second kappa shape index (κ2) is 8.25. The van der Waals surface area contributed by atoms with Crippen molar-refractivity contribution in [1.82, 2.24) is 24.9 Å². The van der Waals surface area contributed by atoms with E-state index >= 15 is 0 Å². The zero-order valence-corrected chi connectivity index (χ0v) is 18.7. The molecule has 1 unspecified atom stereocenters. The Balaban J connectivity index is 1.70. The lowest BCUT2D eigenvalue weighted by Gasteiger charge is -2.07. The van der Waals surface area contributed by atoms with Crippen molar-refractivity contribution in [3.8, 4) is 11.1 Å². The summed E-state index contributed by atoms with van der Waals surface area (Å²) in [6, 6.07) is 8.10. The molecule has 1 atom stereocenters. The highest BCUT2D eigenvalue weighted by Gasteiger charge is 2.34. The summed E-state index contributed by atoms with van der Waals surface area (Å²) in [5.41, 5.74) is 1.99. The van der Waals surface area contributed by atoms with Gasteiger partial charge in [-0.3, -0.25) is 0 Å². The number of benzene rings is 1. The highest BCUT2D eigenvalue weighted by molar-refractivity contribution is 7.91. The van der Waals surface area contributed by atoms with Gasteiger partial charge in [-0.05, 0) is 29.8 Å². The van der Waals surface area contributed by atoms with Gasteiger partial charge >= 0.3 is 0 Å². The van der Waals surface area contributed by atoms with Crippen molar-refractivity contribution in [3.05, 3.63) is 59.3 Å². The number of nitrogens with one attached hydrogen (secondary N) is 1. The SMILES string of the molecule is CS(=O)(=O)C(c1nnc(CNS(N)(=O)=O)o1)c1nc2ccc(-c3ccc(F)nc3)cc2s1. The number of aromatic nitrogens is 4. The van der Waals surface area contributed by atoms with Gasteiger partial charge in [-0.2, -0.15) is 17.5 Å². The average Bonchev–Trinajstić information content (AvgIpc) is 3.32. The van der Waals surface area contributed by atoms with Crippen molar-refractivity contribution in [2.45, 2.75) is 11.8 Å². The fourth-order valence-electron chi connectivity index (χ4n) is 2.86. The Labute approximate surface area is 185 Å². The lowest BCUT2D eigenvalue weighted by atomic mass is 10.1. The summed E-state index contributed by atoms with van der Waals surface area (Å²) < 4.78 is 68.2. The van der Waals surface area contributed by atoms with Gasteiger partial charge < -0.3 is 4.42 Å². The van der Waals surface area contributed by atoms with Crippen LogP contribution in [0.5, 0.6) is 0 Å². The molecular formula is C17H15FN6O5S3. The molecule has 3 heterocycles. The fraction of sp³-hybridized carbons (Fsp3) is 0.176. The predicted octanol–water partition coefficient (Wildman–Crippen LogP) is 1.31. The van der Waals surface area contributed by atoms with Crippen molar-refractivity contribution >= 4 is 41.6 Å². The first-order valence-electron chi connectivity index (χ1n) is 8.80. The van der Waals surface area contributed by atoms with Crippen LogP contribution in [-0.4, -0.2) is 43.3 Å².